The SMILES string of the molecule is C[C@H](N)[C@@H](N)I. The van der Waals surface area contributed by atoms with Gasteiger partial charge in [-0.15, -0.1) is 0 Å². The minimum atomic E-state index is 0.0996. The molecule has 0 aliphatic heterocycles. The topological polar surface area (TPSA) is 52.0 Å². The summed E-state index contributed by atoms with van der Waals surface area (Å²) in [5.41, 5.74) is 10.6. The predicted molar refractivity (Wildman–Crippen MR) is 35.6 cm³/mol. The van der Waals surface area contributed by atoms with E-state index in [0.717, 1.165) is 0 Å². The Morgan fingerprint density at radius 3 is 1.67 bits per heavy atom. The zero-order valence-corrected chi connectivity index (χ0v) is 5.84. The molecule has 0 aliphatic carbocycles. The molecule has 2 nitrogen and oxygen atoms in total. The molecular formula is C3H9IN2. The van der Waals surface area contributed by atoms with Crippen molar-refractivity contribution in [1.29, 1.82) is 0 Å². The van der Waals surface area contributed by atoms with Crippen LogP contribution in [0.3, 0.4) is 0 Å². The molecule has 0 radical (unpaired) electrons. The summed E-state index contributed by atoms with van der Waals surface area (Å²) in [4.78, 5) is 0. The fourth-order valence-electron chi connectivity index (χ4n) is 0. The van der Waals surface area contributed by atoms with Crippen molar-refractivity contribution in [2.75, 3.05) is 0 Å². The Labute approximate surface area is 51.4 Å². The van der Waals surface area contributed by atoms with Crippen molar-refractivity contribution < 1.29 is 0 Å². The Bertz CT molecular complexity index is 29.8. The molecule has 0 fully saturated rings. The Morgan fingerprint density at radius 1 is 1.50 bits per heavy atom. The molecule has 0 aliphatic rings. The van der Waals surface area contributed by atoms with E-state index in [1.54, 1.807) is 0 Å². The third kappa shape index (κ3) is 2.87. The molecule has 2 atom stereocenters. The van der Waals surface area contributed by atoms with Crippen molar-refractivity contribution in [3.63, 3.8) is 0 Å². The molecular weight excluding hydrogens is 191 g/mol. The van der Waals surface area contributed by atoms with Gasteiger partial charge in [-0.2, -0.15) is 0 Å². The Kier molecular flexibility index (Phi) is 3.06. The number of rotatable bonds is 1. The van der Waals surface area contributed by atoms with E-state index in [2.05, 4.69) is 22.6 Å². The van der Waals surface area contributed by atoms with Crippen molar-refractivity contribution in [2.24, 2.45) is 11.5 Å². The van der Waals surface area contributed by atoms with Gasteiger partial charge in [-0.3, -0.25) is 0 Å². The summed E-state index contributed by atoms with van der Waals surface area (Å²) in [5.74, 6) is 0. The van der Waals surface area contributed by atoms with Crippen LogP contribution < -0.4 is 11.5 Å². The first-order valence-electron chi connectivity index (χ1n) is 1.80. The fraction of sp³-hybridized carbons (Fsp3) is 1.00. The maximum absolute atomic E-state index is 5.30. The smallest absolute Gasteiger partial charge is 0.0719 e. The van der Waals surface area contributed by atoms with Crippen molar-refractivity contribution >= 4 is 22.6 Å². The van der Waals surface area contributed by atoms with Crippen LogP contribution in [-0.2, 0) is 0 Å². The Morgan fingerprint density at radius 2 is 1.67 bits per heavy atom. The van der Waals surface area contributed by atoms with Crippen LogP contribution in [0.2, 0.25) is 0 Å². The molecule has 0 rings (SSSR count). The van der Waals surface area contributed by atoms with Crippen LogP contribution in [0.25, 0.3) is 0 Å². The highest BCUT2D eigenvalue weighted by molar-refractivity contribution is 14.1. The lowest BCUT2D eigenvalue weighted by molar-refractivity contribution is 0.730. The molecule has 3 heteroatoms. The van der Waals surface area contributed by atoms with Gasteiger partial charge in [-0.25, -0.2) is 0 Å². The van der Waals surface area contributed by atoms with Crippen LogP contribution >= 0.6 is 22.6 Å². The van der Waals surface area contributed by atoms with Crippen LogP contribution in [-0.4, -0.2) is 10.1 Å². The maximum Gasteiger partial charge on any atom is 0.0719 e. The first-order valence-corrected chi connectivity index (χ1v) is 3.04. The van der Waals surface area contributed by atoms with Crippen molar-refractivity contribution in [3.8, 4) is 0 Å². The number of alkyl halides is 1. The van der Waals surface area contributed by atoms with Gasteiger partial charge in [0.05, 0.1) is 4.05 Å². The van der Waals surface area contributed by atoms with Gasteiger partial charge in [0.25, 0.3) is 0 Å². The molecule has 0 unspecified atom stereocenters. The van der Waals surface area contributed by atoms with Crippen molar-refractivity contribution in [1.82, 2.24) is 0 Å². The van der Waals surface area contributed by atoms with Crippen LogP contribution in [0.4, 0.5) is 0 Å². The van der Waals surface area contributed by atoms with E-state index >= 15 is 0 Å². The molecule has 0 spiro atoms. The highest BCUT2D eigenvalue weighted by Crippen LogP contribution is 1.92. The molecule has 4 N–H and O–H groups in total. The van der Waals surface area contributed by atoms with Gasteiger partial charge < -0.3 is 11.5 Å². The van der Waals surface area contributed by atoms with Gasteiger partial charge in [0.15, 0.2) is 0 Å². The third-order valence-corrected chi connectivity index (χ3v) is 1.64. The summed E-state index contributed by atoms with van der Waals surface area (Å²) < 4.78 is 0.0996. The van der Waals surface area contributed by atoms with E-state index in [1.807, 2.05) is 6.92 Å². The van der Waals surface area contributed by atoms with Crippen molar-refractivity contribution in [2.45, 2.75) is 17.0 Å². The largest absolute Gasteiger partial charge is 0.326 e. The lowest BCUT2D eigenvalue weighted by Gasteiger charge is -2.04. The number of halogens is 1. The maximum atomic E-state index is 5.30. The van der Waals surface area contributed by atoms with E-state index < -0.39 is 0 Å². The molecule has 0 amide bonds. The minimum Gasteiger partial charge on any atom is -0.326 e. The van der Waals surface area contributed by atoms with Crippen LogP contribution in [0.15, 0.2) is 0 Å². The average molecular weight is 200 g/mol. The van der Waals surface area contributed by atoms with E-state index in [-0.39, 0.29) is 10.1 Å². The molecule has 0 heterocycles. The van der Waals surface area contributed by atoms with Gasteiger partial charge in [0.2, 0.25) is 0 Å². The molecule has 0 aromatic rings. The van der Waals surface area contributed by atoms with Crippen LogP contribution in [0.5, 0.6) is 0 Å². The Balaban J connectivity index is 2.99. The van der Waals surface area contributed by atoms with E-state index in [0.29, 0.717) is 0 Å². The summed E-state index contributed by atoms with van der Waals surface area (Å²) in [6.07, 6.45) is 0. The second kappa shape index (κ2) is 2.76. The molecule has 0 aromatic carbocycles. The molecule has 6 heavy (non-hydrogen) atoms. The number of nitrogens with two attached hydrogens (primary N) is 2. The second-order valence-electron chi connectivity index (χ2n) is 1.30. The Hall–Kier alpha value is 0.650. The molecule has 0 saturated heterocycles. The van der Waals surface area contributed by atoms with Crippen LogP contribution in [0, 0.1) is 0 Å². The normalized spacial score (nSPS) is 20.0. The second-order valence-corrected chi connectivity index (χ2v) is 2.74. The fourth-order valence-corrected chi connectivity index (χ4v) is 0. The third-order valence-electron chi connectivity index (χ3n) is 0.502. The number of hydrogen-bond donors (Lipinski definition) is 2. The molecule has 0 aromatic heterocycles. The highest BCUT2D eigenvalue weighted by Gasteiger charge is 1.98. The van der Waals surface area contributed by atoms with Crippen LogP contribution in [0.1, 0.15) is 6.92 Å². The lowest BCUT2D eigenvalue weighted by atomic mass is 10.4. The van der Waals surface area contributed by atoms with Gasteiger partial charge in [0, 0.05) is 6.04 Å². The predicted octanol–water partition coefficient (Wildman–Crippen LogP) is 0.0534. The molecule has 0 bridgehead atoms. The summed E-state index contributed by atoms with van der Waals surface area (Å²) in [6, 6.07) is 0.116. The van der Waals surface area contributed by atoms with Crippen molar-refractivity contribution in [3.05, 3.63) is 0 Å². The quantitative estimate of drug-likeness (QED) is 0.357. The highest BCUT2D eigenvalue weighted by atomic mass is 127. The lowest BCUT2D eigenvalue weighted by Crippen LogP contribution is -2.33. The monoisotopic (exact) mass is 200 g/mol. The number of hydrogen-bond acceptors (Lipinski definition) is 2. The summed E-state index contributed by atoms with van der Waals surface area (Å²) in [5, 5.41) is 0. The van der Waals surface area contributed by atoms with Gasteiger partial charge in [0.1, 0.15) is 0 Å². The van der Waals surface area contributed by atoms with Gasteiger partial charge >= 0.3 is 0 Å². The standard InChI is InChI=1S/C3H9IN2/c1-2(5)3(4)6/h2-3H,5-6H2,1H3/t2-,3+/m0/s1. The van der Waals surface area contributed by atoms with E-state index in [4.69, 9.17) is 11.5 Å². The zero-order valence-electron chi connectivity index (χ0n) is 3.69. The molecule has 38 valence electrons. The minimum absolute atomic E-state index is 0.0996. The summed E-state index contributed by atoms with van der Waals surface area (Å²) >= 11 is 2.09. The summed E-state index contributed by atoms with van der Waals surface area (Å²) in [7, 11) is 0. The first kappa shape index (κ1) is 6.65. The van der Waals surface area contributed by atoms with Gasteiger partial charge in [-0.1, -0.05) is 22.6 Å². The first-order chi connectivity index (χ1) is 2.64. The van der Waals surface area contributed by atoms with E-state index in [9.17, 15) is 0 Å². The summed E-state index contributed by atoms with van der Waals surface area (Å²) in [6.45, 7) is 1.89. The zero-order chi connectivity index (χ0) is 5.15. The average Bonchev–Trinajstić information content (AvgIpc) is 1.36. The molecule has 0 saturated carbocycles. The van der Waals surface area contributed by atoms with E-state index in [1.165, 1.54) is 0 Å². The van der Waals surface area contributed by atoms with Gasteiger partial charge in [-0.05, 0) is 6.92 Å².